The molecule has 2 N–H and O–H groups in total. The third-order valence-corrected chi connectivity index (χ3v) is 2.66. The average molecular weight is 256 g/mol. The number of hydrogen-bond acceptors (Lipinski definition) is 5. The lowest BCUT2D eigenvalue weighted by molar-refractivity contribution is 0.319. The van der Waals surface area contributed by atoms with Gasteiger partial charge in [0.1, 0.15) is 5.52 Å². The number of aromatic nitrogens is 1. The van der Waals surface area contributed by atoms with Crippen LogP contribution in [0.5, 0.6) is 17.6 Å². The van der Waals surface area contributed by atoms with E-state index >= 15 is 0 Å². The van der Waals surface area contributed by atoms with Crippen LogP contribution in [0.4, 0.5) is 5.69 Å². The van der Waals surface area contributed by atoms with Gasteiger partial charge in [-0.1, -0.05) is 12.1 Å². The fraction of sp³-hybridized carbons (Fsp3) is 0.0714. The molecule has 0 amide bonds. The van der Waals surface area contributed by atoms with Crippen molar-refractivity contribution in [1.29, 1.82) is 0 Å². The molecular weight excluding hydrogens is 244 g/mol. The van der Waals surface area contributed by atoms with Gasteiger partial charge in [-0.3, -0.25) is 0 Å². The molecule has 2 aromatic carbocycles. The Hall–Kier alpha value is -2.69. The number of nitrogen functional groups attached to an aromatic ring is 1. The lowest BCUT2D eigenvalue weighted by Crippen LogP contribution is -1.92. The number of ether oxygens (including phenoxy) is 2. The summed E-state index contributed by atoms with van der Waals surface area (Å²) in [6.45, 7) is 0. The van der Waals surface area contributed by atoms with Crippen LogP contribution in [0.3, 0.4) is 0 Å². The van der Waals surface area contributed by atoms with Crippen LogP contribution in [0.2, 0.25) is 0 Å². The van der Waals surface area contributed by atoms with E-state index in [1.54, 1.807) is 25.3 Å². The first-order valence-corrected chi connectivity index (χ1v) is 5.73. The van der Waals surface area contributed by atoms with Crippen LogP contribution >= 0.6 is 0 Å². The van der Waals surface area contributed by atoms with Gasteiger partial charge in [-0.25, -0.2) is 0 Å². The molecule has 96 valence electrons. The standard InChI is InChI=1S/C14H12N2O3/c1-17-12-7-6-9(15)8-13(12)19-14-16-10-4-2-3-5-11(10)18-14/h2-8H,15H2,1H3. The fourth-order valence-corrected chi connectivity index (χ4v) is 1.76. The van der Waals surface area contributed by atoms with Gasteiger partial charge in [0.2, 0.25) is 0 Å². The number of oxazole rings is 1. The summed E-state index contributed by atoms with van der Waals surface area (Å²) in [6.07, 6.45) is 0.158. The molecule has 0 aliphatic heterocycles. The number of rotatable bonds is 3. The maximum Gasteiger partial charge on any atom is 0.400 e. The Balaban J connectivity index is 1.98. The zero-order chi connectivity index (χ0) is 13.2. The van der Waals surface area contributed by atoms with Crippen molar-refractivity contribution in [1.82, 2.24) is 4.98 Å². The second-order valence-electron chi connectivity index (χ2n) is 3.96. The molecule has 0 fully saturated rings. The normalized spacial score (nSPS) is 10.6. The molecule has 0 atom stereocenters. The maximum absolute atomic E-state index is 5.72. The summed E-state index contributed by atoms with van der Waals surface area (Å²) in [7, 11) is 1.56. The van der Waals surface area contributed by atoms with E-state index in [4.69, 9.17) is 19.6 Å². The molecule has 0 aliphatic carbocycles. The highest BCUT2D eigenvalue weighted by Crippen LogP contribution is 2.33. The summed E-state index contributed by atoms with van der Waals surface area (Å²) in [5.74, 6) is 1.03. The van der Waals surface area contributed by atoms with Gasteiger partial charge in [0, 0.05) is 11.8 Å². The number of hydrogen-bond donors (Lipinski definition) is 1. The molecule has 0 radical (unpaired) electrons. The van der Waals surface area contributed by atoms with E-state index in [2.05, 4.69) is 4.98 Å². The van der Waals surface area contributed by atoms with Crippen molar-refractivity contribution in [2.75, 3.05) is 12.8 Å². The fourth-order valence-electron chi connectivity index (χ4n) is 1.76. The molecule has 1 aromatic heterocycles. The molecule has 5 heteroatoms. The van der Waals surface area contributed by atoms with E-state index in [0.717, 1.165) is 5.52 Å². The molecule has 3 aromatic rings. The van der Waals surface area contributed by atoms with Gasteiger partial charge in [0.15, 0.2) is 17.1 Å². The average Bonchev–Trinajstić information content (AvgIpc) is 2.81. The zero-order valence-corrected chi connectivity index (χ0v) is 10.3. The SMILES string of the molecule is COc1ccc(N)cc1Oc1nc2ccccc2o1. The van der Waals surface area contributed by atoms with E-state index in [1.807, 2.05) is 24.3 Å². The molecule has 19 heavy (non-hydrogen) atoms. The van der Waals surface area contributed by atoms with E-state index in [1.165, 1.54) is 0 Å². The monoisotopic (exact) mass is 256 g/mol. The minimum atomic E-state index is 0.158. The van der Waals surface area contributed by atoms with E-state index in [-0.39, 0.29) is 6.08 Å². The quantitative estimate of drug-likeness (QED) is 0.728. The lowest BCUT2D eigenvalue weighted by Gasteiger charge is -2.07. The highest BCUT2D eigenvalue weighted by atomic mass is 16.6. The van der Waals surface area contributed by atoms with Crippen molar-refractivity contribution in [3.63, 3.8) is 0 Å². The van der Waals surface area contributed by atoms with Crippen molar-refractivity contribution in [3.8, 4) is 17.6 Å². The summed E-state index contributed by atoms with van der Waals surface area (Å²) in [6, 6.07) is 12.6. The van der Waals surface area contributed by atoms with Gasteiger partial charge in [0.25, 0.3) is 0 Å². The van der Waals surface area contributed by atoms with Gasteiger partial charge < -0.3 is 19.6 Å². The molecule has 0 aliphatic rings. The van der Waals surface area contributed by atoms with Crippen LogP contribution in [-0.4, -0.2) is 12.1 Å². The van der Waals surface area contributed by atoms with E-state index in [0.29, 0.717) is 22.8 Å². The summed E-state index contributed by atoms with van der Waals surface area (Å²) >= 11 is 0. The summed E-state index contributed by atoms with van der Waals surface area (Å²) in [4.78, 5) is 4.23. The predicted octanol–water partition coefficient (Wildman–Crippen LogP) is 3.21. The first-order chi connectivity index (χ1) is 9.26. The lowest BCUT2D eigenvalue weighted by atomic mass is 10.3. The van der Waals surface area contributed by atoms with Crippen molar-refractivity contribution in [2.24, 2.45) is 0 Å². The van der Waals surface area contributed by atoms with Crippen molar-refractivity contribution < 1.29 is 13.9 Å². The van der Waals surface area contributed by atoms with Crippen LogP contribution in [0.15, 0.2) is 46.9 Å². The van der Waals surface area contributed by atoms with Crippen LogP contribution in [0.1, 0.15) is 0 Å². The number of para-hydroxylation sites is 2. The van der Waals surface area contributed by atoms with Crippen molar-refractivity contribution in [3.05, 3.63) is 42.5 Å². The third-order valence-electron chi connectivity index (χ3n) is 2.66. The Morgan fingerprint density at radius 3 is 2.74 bits per heavy atom. The van der Waals surface area contributed by atoms with E-state index in [9.17, 15) is 0 Å². The van der Waals surface area contributed by atoms with Gasteiger partial charge in [-0.15, -0.1) is 0 Å². The van der Waals surface area contributed by atoms with Gasteiger partial charge >= 0.3 is 6.08 Å². The van der Waals surface area contributed by atoms with Crippen molar-refractivity contribution in [2.45, 2.75) is 0 Å². The summed E-state index contributed by atoms with van der Waals surface area (Å²) in [5, 5.41) is 0. The molecule has 0 saturated carbocycles. The Labute approximate surface area is 109 Å². The van der Waals surface area contributed by atoms with Crippen LogP contribution in [-0.2, 0) is 0 Å². The third kappa shape index (κ3) is 2.18. The second kappa shape index (κ2) is 4.53. The maximum atomic E-state index is 5.72. The Morgan fingerprint density at radius 2 is 1.95 bits per heavy atom. The molecule has 0 saturated heterocycles. The van der Waals surface area contributed by atoms with Gasteiger partial charge in [-0.05, 0) is 24.3 Å². The van der Waals surface area contributed by atoms with Crippen LogP contribution in [0.25, 0.3) is 11.1 Å². The molecule has 5 nitrogen and oxygen atoms in total. The van der Waals surface area contributed by atoms with Gasteiger partial charge in [-0.2, -0.15) is 4.98 Å². The minimum absolute atomic E-state index is 0.158. The Kier molecular flexibility index (Phi) is 2.72. The molecule has 3 rings (SSSR count). The first-order valence-electron chi connectivity index (χ1n) is 5.73. The molecule has 0 unspecified atom stereocenters. The number of nitrogens with zero attached hydrogens (tertiary/aromatic N) is 1. The molecular formula is C14H12N2O3. The molecule has 0 bridgehead atoms. The topological polar surface area (TPSA) is 70.5 Å². The van der Waals surface area contributed by atoms with E-state index < -0.39 is 0 Å². The Morgan fingerprint density at radius 1 is 1.11 bits per heavy atom. The Bertz CT molecular complexity index is 689. The molecule has 1 heterocycles. The number of anilines is 1. The highest BCUT2D eigenvalue weighted by molar-refractivity contribution is 5.72. The first kappa shape index (κ1) is 11.4. The van der Waals surface area contributed by atoms with Crippen molar-refractivity contribution >= 4 is 16.8 Å². The number of fused-ring (bicyclic) bond motifs is 1. The molecule has 0 spiro atoms. The van der Waals surface area contributed by atoms with Gasteiger partial charge in [0.05, 0.1) is 7.11 Å². The van der Waals surface area contributed by atoms with Crippen LogP contribution < -0.4 is 15.2 Å². The minimum Gasteiger partial charge on any atom is -0.493 e. The highest BCUT2D eigenvalue weighted by Gasteiger charge is 2.11. The predicted molar refractivity (Wildman–Crippen MR) is 71.5 cm³/mol. The number of benzene rings is 2. The summed E-state index contributed by atoms with van der Waals surface area (Å²) < 4.78 is 16.3. The van der Waals surface area contributed by atoms with Crippen LogP contribution in [0, 0.1) is 0 Å². The summed E-state index contributed by atoms with van der Waals surface area (Å²) in [5.41, 5.74) is 7.70. The zero-order valence-electron chi connectivity index (χ0n) is 10.3. The smallest absolute Gasteiger partial charge is 0.400 e. The number of nitrogens with two attached hydrogens (primary N) is 1. The second-order valence-corrected chi connectivity index (χ2v) is 3.96. The number of methoxy groups -OCH3 is 1. The largest absolute Gasteiger partial charge is 0.493 e.